The van der Waals surface area contributed by atoms with Crippen molar-refractivity contribution >= 4 is 5.91 Å². The molecule has 2 unspecified atom stereocenters. The lowest BCUT2D eigenvalue weighted by atomic mass is 9.89. The molecule has 0 aliphatic heterocycles. The van der Waals surface area contributed by atoms with Gasteiger partial charge in [0.2, 0.25) is 0 Å². The van der Waals surface area contributed by atoms with E-state index in [0.717, 1.165) is 36.2 Å². The average Bonchev–Trinajstić information content (AvgIpc) is 2.62. The van der Waals surface area contributed by atoms with Crippen LogP contribution >= 0.6 is 0 Å². The Morgan fingerprint density at radius 2 is 2.00 bits per heavy atom. The quantitative estimate of drug-likeness (QED) is 0.877. The molecule has 1 heterocycles. The molecule has 2 N–H and O–H groups in total. The number of carbonyl (C=O) groups is 1. The fraction of sp³-hybridized carbons (Fsp3) is 0.714. The summed E-state index contributed by atoms with van der Waals surface area (Å²) in [6.45, 7) is 3.82. The van der Waals surface area contributed by atoms with Crippen LogP contribution < -0.4 is 5.73 Å². The molecule has 1 saturated carbocycles. The molecule has 1 aromatic rings. The minimum Gasteiger partial charge on any atom is -0.337 e. The van der Waals surface area contributed by atoms with Crippen molar-refractivity contribution in [3.8, 4) is 0 Å². The summed E-state index contributed by atoms with van der Waals surface area (Å²) in [5, 5.41) is 4.32. The first kappa shape index (κ1) is 14.1. The molecule has 0 spiro atoms. The lowest BCUT2D eigenvalue weighted by molar-refractivity contribution is 0.0670. The Kier molecular flexibility index (Phi) is 3.94. The van der Waals surface area contributed by atoms with Gasteiger partial charge >= 0.3 is 0 Å². The van der Waals surface area contributed by atoms with Crippen LogP contribution in [0, 0.1) is 13.8 Å². The summed E-state index contributed by atoms with van der Waals surface area (Å²) in [5.41, 5.74) is 8.60. The van der Waals surface area contributed by atoms with E-state index in [-0.39, 0.29) is 18.0 Å². The molecule has 2 rings (SSSR count). The van der Waals surface area contributed by atoms with Crippen molar-refractivity contribution in [2.45, 2.75) is 51.6 Å². The number of aromatic nitrogens is 2. The number of likely N-dealkylation sites (N-methyl/N-ethyl adjacent to an activating group) is 1. The first-order valence-electron chi connectivity index (χ1n) is 6.96. The van der Waals surface area contributed by atoms with Crippen LogP contribution in [0.1, 0.15) is 47.4 Å². The molecule has 2 atom stereocenters. The second kappa shape index (κ2) is 5.33. The third-order valence-electron chi connectivity index (χ3n) is 4.32. The topological polar surface area (TPSA) is 64.2 Å². The van der Waals surface area contributed by atoms with E-state index in [4.69, 9.17) is 5.73 Å². The van der Waals surface area contributed by atoms with Gasteiger partial charge in [-0.1, -0.05) is 12.8 Å². The number of aryl methyl sites for hydroxylation is 2. The fourth-order valence-corrected chi connectivity index (χ4v) is 3.03. The normalized spacial score (nSPS) is 23.4. The maximum absolute atomic E-state index is 12.7. The highest BCUT2D eigenvalue weighted by Crippen LogP contribution is 2.23. The van der Waals surface area contributed by atoms with E-state index in [1.807, 2.05) is 32.8 Å². The lowest BCUT2D eigenvalue weighted by Crippen LogP contribution is -2.50. The summed E-state index contributed by atoms with van der Waals surface area (Å²) in [7, 11) is 3.73. The molecule has 0 saturated heterocycles. The third kappa shape index (κ3) is 2.52. The van der Waals surface area contributed by atoms with Gasteiger partial charge in [-0.05, 0) is 26.7 Å². The molecule has 5 heteroatoms. The number of nitrogens with zero attached hydrogens (tertiary/aromatic N) is 3. The molecule has 0 radical (unpaired) electrons. The van der Waals surface area contributed by atoms with E-state index in [0.29, 0.717) is 0 Å². The maximum atomic E-state index is 12.7. The van der Waals surface area contributed by atoms with E-state index < -0.39 is 0 Å². The van der Waals surface area contributed by atoms with Gasteiger partial charge < -0.3 is 10.6 Å². The van der Waals surface area contributed by atoms with Gasteiger partial charge in [-0.2, -0.15) is 5.10 Å². The van der Waals surface area contributed by atoms with Crippen LogP contribution in [0.2, 0.25) is 0 Å². The number of amides is 1. The van der Waals surface area contributed by atoms with E-state index in [9.17, 15) is 4.79 Å². The predicted octanol–water partition coefficient (Wildman–Crippen LogP) is 1.38. The average molecular weight is 264 g/mol. The first-order valence-corrected chi connectivity index (χ1v) is 6.96. The van der Waals surface area contributed by atoms with Crippen LogP contribution in [0.25, 0.3) is 0 Å². The van der Waals surface area contributed by atoms with E-state index >= 15 is 0 Å². The Morgan fingerprint density at radius 3 is 2.53 bits per heavy atom. The first-order chi connectivity index (χ1) is 8.93. The second-order valence-electron chi connectivity index (χ2n) is 5.60. The Balaban J connectivity index is 2.23. The molecule has 0 aromatic carbocycles. The molecule has 1 aliphatic carbocycles. The van der Waals surface area contributed by atoms with Crippen molar-refractivity contribution in [3.63, 3.8) is 0 Å². The SMILES string of the molecule is Cc1nn(C)c(C)c1C(=O)N(C)C1CCCCC1N. The van der Waals surface area contributed by atoms with Gasteiger partial charge in [0, 0.05) is 31.9 Å². The second-order valence-corrected chi connectivity index (χ2v) is 5.60. The molecule has 5 nitrogen and oxygen atoms in total. The number of carbonyl (C=O) groups excluding carboxylic acids is 1. The summed E-state index contributed by atoms with van der Waals surface area (Å²) < 4.78 is 1.76. The summed E-state index contributed by atoms with van der Waals surface area (Å²) in [4.78, 5) is 14.5. The van der Waals surface area contributed by atoms with Gasteiger partial charge in [-0.25, -0.2) is 0 Å². The fourth-order valence-electron chi connectivity index (χ4n) is 3.03. The number of rotatable bonds is 2. The third-order valence-corrected chi connectivity index (χ3v) is 4.32. The predicted molar refractivity (Wildman–Crippen MR) is 75.0 cm³/mol. The Morgan fingerprint density at radius 1 is 1.37 bits per heavy atom. The van der Waals surface area contributed by atoms with Crippen molar-refractivity contribution < 1.29 is 4.79 Å². The minimum atomic E-state index is 0.0467. The Labute approximate surface area is 114 Å². The maximum Gasteiger partial charge on any atom is 0.257 e. The Bertz CT molecular complexity index is 480. The van der Waals surface area contributed by atoms with Crippen molar-refractivity contribution in [3.05, 3.63) is 17.0 Å². The van der Waals surface area contributed by atoms with E-state index in [2.05, 4.69) is 5.10 Å². The standard InChI is InChI=1S/C14H24N4O/c1-9-13(10(2)18(4)16-9)14(19)17(3)12-8-6-5-7-11(12)15/h11-12H,5-8,15H2,1-4H3. The lowest BCUT2D eigenvalue weighted by Gasteiger charge is -2.36. The van der Waals surface area contributed by atoms with Crippen LogP contribution in [0.4, 0.5) is 0 Å². The minimum absolute atomic E-state index is 0.0467. The van der Waals surface area contributed by atoms with Crippen LogP contribution in [0.3, 0.4) is 0 Å². The molecule has 1 aromatic heterocycles. The van der Waals surface area contributed by atoms with Crippen molar-refractivity contribution in [1.29, 1.82) is 0 Å². The van der Waals surface area contributed by atoms with Crippen molar-refractivity contribution in [2.24, 2.45) is 12.8 Å². The van der Waals surface area contributed by atoms with Gasteiger partial charge in [0.25, 0.3) is 5.91 Å². The summed E-state index contributed by atoms with van der Waals surface area (Å²) >= 11 is 0. The van der Waals surface area contributed by atoms with Gasteiger partial charge in [0.15, 0.2) is 0 Å². The monoisotopic (exact) mass is 264 g/mol. The van der Waals surface area contributed by atoms with Gasteiger partial charge in [-0.3, -0.25) is 9.48 Å². The summed E-state index contributed by atoms with van der Waals surface area (Å²) in [6.07, 6.45) is 4.33. The number of nitrogens with two attached hydrogens (primary N) is 1. The smallest absolute Gasteiger partial charge is 0.257 e. The van der Waals surface area contributed by atoms with Gasteiger partial charge in [0.1, 0.15) is 0 Å². The highest BCUT2D eigenvalue weighted by Gasteiger charge is 2.31. The van der Waals surface area contributed by atoms with Gasteiger partial charge in [0.05, 0.1) is 11.3 Å². The molecule has 106 valence electrons. The number of hydrogen-bond donors (Lipinski definition) is 1. The number of hydrogen-bond acceptors (Lipinski definition) is 3. The molecule has 1 fully saturated rings. The largest absolute Gasteiger partial charge is 0.337 e. The molecule has 19 heavy (non-hydrogen) atoms. The van der Waals surface area contributed by atoms with Crippen LogP contribution in [0.15, 0.2) is 0 Å². The molecular formula is C14H24N4O. The Hall–Kier alpha value is -1.36. The molecule has 0 bridgehead atoms. The van der Waals surface area contributed by atoms with Crippen LogP contribution in [-0.2, 0) is 7.05 Å². The zero-order chi connectivity index (χ0) is 14.2. The van der Waals surface area contributed by atoms with E-state index in [1.54, 1.807) is 4.68 Å². The highest BCUT2D eigenvalue weighted by molar-refractivity contribution is 5.96. The zero-order valence-corrected chi connectivity index (χ0v) is 12.3. The molecule has 1 amide bonds. The highest BCUT2D eigenvalue weighted by atomic mass is 16.2. The van der Waals surface area contributed by atoms with Gasteiger partial charge in [-0.15, -0.1) is 0 Å². The van der Waals surface area contributed by atoms with Crippen molar-refractivity contribution in [1.82, 2.24) is 14.7 Å². The zero-order valence-electron chi connectivity index (χ0n) is 12.3. The summed E-state index contributed by atoms with van der Waals surface area (Å²) in [5.74, 6) is 0.0467. The van der Waals surface area contributed by atoms with Crippen LogP contribution in [-0.4, -0.2) is 39.7 Å². The van der Waals surface area contributed by atoms with Crippen molar-refractivity contribution in [2.75, 3.05) is 7.05 Å². The molecular weight excluding hydrogens is 240 g/mol. The van der Waals surface area contributed by atoms with Crippen LogP contribution in [0.5, 0.6) is 0 Å². The summed E-state index contributed by atoms with van der Waals surface area (Å²) in [6, 6.07) is 0.250. The van der Waals surface area contributed by atoms with E-state index in [1.165, 1.54) is 6.42 Å². The molecule has 1 aliphatic rings.